The monoisotopic (exact) mass is 241 g/mol. The fraction of sp³-hybridized carbons (Fsp3) is 0.385. The molecule has 0 aromatic carbocycles. The molecule has 3 heterocycles. The highest BCUT2D eigenvalue weighted by Gasteiger charge is 2.22. The highest BCUT2D eigenvalue weighted by molar-refractivity contribution is 5.42. The van der Waals surface area contributed by atoms with E-state index in [1.165, 1.54) is 6.42 Å². The maximum absolute atomic E-state index is 4.41. The van der Waals surface area contributed by atoms with E-state index in [0.29, 0.717) is 5.92 Å². The minimum atomic E-state index is 0.452. The molecule has 0 amide bonds. The number of aromatic nitrogens is 4. The molecule has 5 heteroatoms. The summed E-state index contributed by atoms with van der Waals surface area (Å²) >= 11 is 0. The quantitative estimate of drug-likeness (QED) is 0.800. The summed E-state index contributed by atoms with van der Waals surface area (Å²) in [7, 11) is 0. The fourth-order valence-electron chi connectivity index (χ4n) is 2.43. The zero-order valence-corrected chi connectivity index (χ0v) is 10.1. The first-order valence-corrected chi connectivity index (χ1v) is 6.19. The van der Waals surface area contributed by atoms with Crippen molar-refractivity contribution in [2.45, 2.75) is 18.8 Å². The van der Waals surface area contributed by atoms with Crippen molar-refractivity contribution >= 4 is 5.69 Å². The molecule has 0 aliphatic carbocycles. The van der Waals surface area contributed by atoms with Crippen LogP contribution in [-0.2, 0) is 0 Å². The number of hydrogen-bond donors (Lipinski definition) is 0. The first-order valence-electron chi connectivity index (χ1n) is 6.19. The molecule has 0 N–H and O–H groups in total. The maximum Gasteiger partial charge on any atom is 0.115 e. The van der Waals surface area contributed by atoms with Crippen LogP contribution in [0, 0.1) is 0 Å². The van der Waals surface area contributed by atoms with Gasteiger partial charge >= 0.3 is 0 Å². The molecule has 18 heavy (non-hydrogen) atoms. The van der Waals surface area contributed by atoms with Crippen LogP contribution in [0.2, 0.25) is 0 Å². The Morgan fingerprint density at radius 3 is 2.72 bits per heavy atom. The first-order chi connectivity index (χ1) is 8.93. The van der Waals surface area contributed by atoms with E-state index in [-0.39, 0.29) is 0 Å². The van der Waals surface area contributed by atoms with Gasteiger partial charge in [-0.2, -0.15) is 0 Å². The van der Waals surface area contributed by atoms with E-state index in [2.05, 4.69) is 24.8 Å². The summed E-state index contributed by atoms with van der Waals surface area (Å²) < 4.78 is 0. The van der Waals surface area contributed by atoms with Crippen LogP contribution in [0.1, 0.15) is 24.5 Å². The Morgan fingerprint density at radius 2 is 1.94 bits per heavy atom. The van der Waals surface area contributed by atoms with Gasteiger partial charge in [-0.1, -0.05) is 0 Å². The summed E-state index contributed by atoms with van der Waals surface area (Å²) in [6.07, 6.45) is 13.0. The molecule has 1 saturated heterocycles. The van der Waals surface area contributed by atoms with Gasteiger partial charge in [0, 0.05) is 37.6 Å². The van der Waals surface area contributed by atoms with E-state index in [0.717, 1.165) is 30.9 Å². The summed E-state index contributed by atoms with van der Waals surface area (Å²) in [5.41, 5.74) is 2.17. The fourth-order valence-corrected chi connectivity index (χ4v) is 2.43. The Kier molecular flexibility index (Phi) is 3.12. The molecular formula is C13H15N5. The van der Waals surface area contributed by atoms with Crippen molar-refractivity contribution in [1.29, 1.82) is 0 Å². The Morgan fingerprint density at radius 1 is 1.06 bits per heavy atom. The van der Waals surface area contributed by atoms with E-state index >= 15 is 0 Å². The van der Waals surface area contributed by atoms with Gasteiger partial charge in [-0.25, -0.2) is 9.97 Å². The molecule has 0 radical (unpaired) electrons. The zero-order chi connectivity index (χ0) is 12.2. The number of piperidine rings is 1. The Hall–Kier alpha value is -2.04. The van der Waals surface area contributed by atoms with Crippen molar-refractivity contribution in [3.05, 3.63) is 43.0 Å². The van der Waals surface area contributed by atoms with Gasteiger partial charge in [0.1, 0.15) is 6.33 Å². The van der Waals surface area contributed by atoms with Crippen molar-refractivity contribution < 1.29 is 0 Å². The lowest BCUT2D eigenvalue weighted by atomic mass is 9.95. The van der Waals surface area contributed by atoms with Crippen molar-refractivity contribution in [1.82, 2.24) is 19.9 Å². The van der Waals surface area contributed by atoms with Crippen LogP contribution in [0.4, 0.5) is 5.69 Å². The molecule has 0 spiro atoms. The van der Waals surface area contributed by atoms with Gasteiger partial charge in [-0.3, -0.25) is 9.97 Å². The van der Waals surface area contributed by atoms with E-state index in [4.69, 9.17) is 0 Å². The van der Waals surface area contributed by atoms with Crippen LogP contribution in [0.15, 0.2) is 37.3 Å². The molecule has 1 atom stereocenters. The SMILES string of the molecule is c1cnc(C2CCCN(c3cncnc3)C2)cn1. The van der Waals surface area contributed by atoms with Gasteiger partial charge in [0.05, 0.1) is 23.8 Å². The third-order valence-corrected chi connectivity index (χ3v) is 3.33. The molecule has 1 unspecified atom stereocenters. The van der Waals surface area contributed by atoms with Gasteiger partial charge in [0.2, 0.25) is 0 Å². The molecule has 3 rings (SSSR count). The summed E-state index contributed by atoms with van der Waals surface area (Å²) in [4.78, 5) is 19.0. The molecule has 1 aliphatic rings. The normalized spacial score (nSPS) is 19.8. The Bertz CT molecular complexity index is 442. The van der Waals surface area contributed by atoms with E-state index in [9.17, 15) is 0 Å². The second-order valence-electron chi connectivity index (χ2n) is 4.51. The smallest absolute Gasteiger partial charge is 0.115 e. The average molecular weight is 241 g/mol. The van der Waals surface area contributed by atoms with Crippen molar-refractivity contribution in [2.75, 3.05) is 18.0 Å². The van der Waals surface area contributed by atoms with Crippen molar-refractivity contribution in [3.63, 3.8) is 0 Å². The molecule has 0 saturated carbocycles. The summed E-state index contributed by atoms with van der Waals surface area (Å²) in [5.74, 6) is 0.452. The predicted molar refractivity (Wildman–Crippen MR) is 68.3 cm³/mol. The third-order valence-electron chi connectivity index (χ3n) is 3.33. The number of anilines is 1. The van der Waals surface area contributed by atoms with Gasteiger partial charge < -0.3 is 4.90 Å². The second kappa shape index (κ2) is 5.08. The highest BCUT2D eigenvalue weighted by Crippen LogP contribution is 2.27. The largest absolute Gasteiger partial charge is 0.368 e. The first kappa shape index (κ1) is 11.1. The van der Waals surface area contributed by atoms with Crippen LogP contribution < -0.4 is 4.90 Å². The van der Waals surface area contributed by atoms with Crippen LogP contribution in [0.5, 0.6) is 0 Å². The summed E-state index contributed by atoms with van der Waals surface area (Å²) in [6.45, 7) is 2.02. The van der Waals surface area contributed by atoms with Gasteiger partial charge in [0.15, 0.2) is 0 Å². The zero-order valence-electron chi connectivity index (χ0n) is 10.1. The number of nitrogens with zero attached hydrogens (tertiary/aromatic N) is 5. The number of hydrogen-bond acceptors (Lipinski definition) is 5. The Labute approximate surface area is 106 Å². The highest BCUT2D eigenvalue weighted by atomic mass is 15.2. The predicted octanol–water partition coefficient (Wildman–Crippen LogP) is 1.65. The topological polar surface area (TPSA) is 54.8 Å². The van der Waals surface area contributed by atoms with Crippen LogP contribution in [0.25, 0.3) is 0 Å². The van der Waals surface area contributed by atoms with Gasteiger partial charge in [-0.05, 0) is 12.8 Å². The van der Waals surface area contributed by atoms with E-state index in [1.54, 1.807) is 18.7 Å². The lowest BCUT2D eigenvalue weighted by Crippen LogP contribution is -2.34. The standard InChI is InChI=1S/C13H15N5/c1-2-11(13-8-14-3-4-17-13)9-18(5-1)12-6-15-10-16-7-12/h3-4,6-8,10-11H,1-2,5,9H2. The molecule has 1 aliphatic heterocycles. The second-order valence-corrected chi connectivity index (χ2v) is 4.51. The van der Waals surface area contributed by atoms with E-state index < -0.39 is 0 Å². The minimum Gasteiger partial charge on any atom is -0.368 e. The lowest BCUT2D eigenvalue weighted by Gasteiger charge is -2.33. The molecule has 1 fully saturated rings. The summed E-state index contributed by atoms with van der Waals surface area (Å²) in [6, 6.07) is 0. The average Bonchev–Trinajstić information content (AvgIpc) is 2.49. The molecule has 0 bridgehead atoms. The maximum atomic E-state index is 4.41. The van der Waals surface area contributed by atoms with Crippen LogP contribution in [0.3, 0.4) is 0 Å². The number of rotatable bonds is 2. The Balaban J connectivity index is 1.77. The van der Waals surface area contributed by atoms with Gasteiger partial charge in [0.25, 0.3) is 0 Å². The van der Waals surface area contributed by atoms with Gasteiger partial charge in [-0.15, -0.1) is 0 Å². The molecule has 2 aromatic heterocycles. The van der Waals surface area contributed by atoms with Crippen molar-refractivity contribution in [2.24, 2.45) is 0 Å². The molecule has 92 valence electrons. The third kappa shape index (κ3) is 2.30. The molecule has 5 nitrogen and oxygen atoms in total. The minimum absolute atomic E-state index is 0.452. The van der Waals surface area contributed by atoms with E-state index in [1.807, 2.05) is 18.6 Å². The molecular weight excluding hydrogens is 226 g/mol. The summed E-state index contributed by atoms with van der Waals surface area (Å²) in [5, 5.41) is 0. The van der Waals surface area contributed by atoms with Crippen LogP contribution >= 0.6 is 0 Å². The molecule has 2 aromatic rings. The lowest BCUT2D eigenvalue weighted by molar-refractivity contribution is 0.499. The van der Waals surface area contributed by atoms with Crippen molar-refractivity contribution in [3.8, 4) is 0 Å². The van der Waals surface area contributed by atoms with Crippen LogP contribution in [-0.4, -0.2) is 33.0 Å².